The molecule has 3 N–H and O–H groups in total. The van der Waals surface area contributed by atoms with E-state index in [1.54, 1.807) is 13.0 Å². The van der Waals surface area contributed by atoms with Crippen LogP contribution in [0.5, 0.6) is 5.75 Å². The first-order chi connectivity index (χ1) is 13.9. The second-order valence-corrected chi connectivity index (χ2v) is 7.70. The van der Waals surface area contributed by atoms with E-state index < -0.39 is 11.4 Å². The zero-order chi connectivity index (χ0) is 20.6. The number of aryl methyl sites for hydroxylation is 1. The number of carbonyl (C=O) groups excluding carboxylic acids is 2. The summed E-state index contributed by atoms with van der Waals surface area (Å²) >= 11 is 5.50. The van der Waals surface area contributed by atoms with Gasteiger partial charge in [0, 0.05) is 5.56 Å². The molecular formula is C23H21ClN2O3. The average molecular weight is 409 g/mol. The summed E-state index contributed by atoms with van der Waals surface area (Å²) in [7, 11) is 0. The quantitative estimate of drug-likeness (QED) is 0.431. The van der Waals surface area contributed by atoms with E-state index in [1.807, 2.05) is 18.2 Å². The highest BCUT2D eigenvalue weighted by Crippen LogP contribution is 2.48. The van der Waals surface area contributed by atoms with E-state index >= 15 is 0 Å². The Morgan fingerprint density at radius 2 is 1.83 bits per heavy atom. The number of benzene rings is 3. The van der Waals surface area contributed by atoms with Crippen LogP contribution < -0.4 is 10.6 Å². The Morgan fingerprint density at radius 3 is 2.55 bits per heavy atom. The number of aromatic hydroxyl groups is 1. The molecule has 29 heavy (non-hydrogen) atoms. The number of nitrogens with one attached hydrogen (secondary N) is 2. The van der Waals surface area contributed by atoms with Crippen LogP contribution in [0.4, 0.5) is 5.69 Å². The molecule has 6 heteroatoms. The minimum atomic E-state index is -0.425. The third-order valence-corrected chi connectivity index (χ3v) is 5.63. The Hall–Kier alpha value is -3.05. The number of hydrogen-bond acceptors (Lipinski definition) is 3. The number of phenols is 1. The Bertz CT molecular complexity index is 1120. The molecule has 2 amide bonds. The highest BCUT2D eigenvalue weighted by Gasteiger charge is 2.46. The van der Waals surface area contributed by atoms with E-state index in [1.165, 1.54) is 6.07 Å². The number of anilines is 1. The summed E-state index contributed by atoms with van der Waals surface area (Å²) in [5.41, 5.74) is 1.97. The standard InChI is InChI=1S/C23H21ClN2O3/c1-14-11-19(25-21(28)13-24)20(27)12-17(14)22(29)26-23(9-10-23)18-8-4-6-15-5-2-3-7-16(15)18/h2-8,11-12,27H,9-10,13H2,1H3,(H,25,28)(H,26,29). The molecule has 0 saturated heterocycles. The molecule has 0 radical (unpaired) electrons. The highest BCUT2D eigenvalue weighted by molar-refractivity contribution is 6.29. The van der Waals surface area contributed by atoms with Gasteiger partial charge in [0.2, 0.25) is 5.91 Å². The van der Waals surface area contributed by atoms with E-state index in [2.05, 4.69) is 34.9 Å². The number of rotatable bonds is 5. The molecule has 1 fully saturated rings. The van der Waals surface area contributed by atoms with Gasteiger partial charge in [-0.05, 0) is 53.8 Å². The van der Waals surface area contributed by atoms with Gasteiger partial charge in [-0.15, -0.1) is 11.6 Å². The van der Waals surface area contributed by atoms with Crippen LogP contribution in [0, 0.1) is 6.92 Å². The van der Waals surface area contributed by atoms with Crippen molar-refractivity contribution in [3.8, 4) is 5.75 Å². The van der Waals surface area contributed by atoms with E-state index in [0.29, 0.717) is 11.1 Å². The van der Waals surface area contributed by atoms with Gasteiger partial charge in [0.25, 0.3) is 5.91 Å². The number of carbonyl (C=O) groups is 2. The molecule has 3 aromatic carbocycles. The third-order valence-electron chi connectivity index (χ3n) is 5.39. The molecule has 0 unspecified atom stereocenters. The van der Waals surface area contributed by atoms with Crippen LogP contribution in [0.2, 0.25) is 0 Å². The van der Waals surface area contributed by atoms with Gasteiger partial charge >= 0.3 is 0 Å². The lowest BCUT2D eigenvalue weighted by atomic mass is 9.96. The summed E-state index contributed by atoms with van der Waals surface area (Å²) in [6, 6.07) is 17.2. The molecule has 0 heterocycles. The number of amides is 2. The SMILES string of the molecule is Cc1cc(NC(=O)CCl)c(O)cc1C(=O)NC1(c2cccc3ccccc23)CC1. The third kappa shape index (κ3) is 3.66. The lowest BCUT2D eigenvalue weighted by Crippen LogP contribution is -2.35. The number of phenolic OH excluding ortho intramolecular Hbond substituents is 1. The summed E-state index contributed by atoms with van der Waals surface area (Å²) < 4.78 is 0. The lowest BCUT2D eigenvalue weighted by molar-refractivity contribution is -0.113. The minimum absolute atomic E-state index is 0.172. The zero-order valence-electron chi connectivity index (χ0n) is 16.0. The van der Waals surface area contributed by atoms with E-state index in [9.17, 15) is 14.7 Å². The molecule has 4 rings (SSSR count). The maximum absolute atomic E-state index is 13.0. The Labute approximate surface area is 173 Å². The second kappa shape index (κ2) is 7.41. The van der Waals surface area contributed by atoms with Crippen LogP contribution in [-0.2, 0) is 10.3 Å². The zero-order valence-corrected chi connectivity index (χ0v) is 16.7. The first kappa shape index (κ1) is 19.3. The van der Waals surface area contributed by atoms with Gasteiger partial charge in [0.15, 0.2) is 0 Å². The van der Waals surface area contributed by atoms with Gasteiger partial charge in [-0.1, -0.05) is 42.5 Å². The molecule has 0 aliphatic heterocycles. The predicted octanol–water partition coefficient (Wildman–Crippen LogP) is 4.45. The molecule has 0 bridgehead atoms. The van der Waals surface area contributed by atoms with Crippen molar-refractivity contribution in [1.82, 2.24) is 5.32 Å². The lowest BCUT2D eigenvalue weighted by Gasteiger charge is -2.21. The van der Waals surface area contributed by atoms with Gasteiger partial charge < -0.3 is 15.7 Å². The first-order valence-electron chi connectivity index (χ1n) is 9.44. The maximum atomic E-state index is 13.0. The molecule has 148 valence electrons. The summed E-state index contributed by atoms with van der Waals surface area (Å²) in [5.74, 6) is -1.06. The average Bonchev–Trinajstić information content (AvgIpc) is 3.50. The molecule has 1 aliphatic carbocycles. The summed E-state index contributed by atoms with van der Waals surface area (Å²) in [6.45, 7) is 1.77. The Balaban J connectivity index is 1.63. The van der Waals surface area contributed by atoms with Crippen LogP contribution in [0.3, 0.4) is 0 Å². The van der Waals surface area contributed by atoms with Gasteiger partial charge in [-0.25, -0.2) is 0 Å². The smallest absolute Gasteiger partial charge is 0.252 e. The topological polar surface area (TPSA) is 78.4 Å². The van der Waals surface area contributed by atoms with Crippen LogP contribution in [0.25, 0.3) is 10.8 Å². The van der Waals surface area contributed by atoms with Crippen LogP contribution in [0.1, 0.15) is 34.3 Å². The van der Waals surface area contributed by atoms with Gasteiger partial charge in [-0.3, -0.25) is 9.59 Å². The van der Waals surface area contributed by atoms with Crippen LogP contribution >= 0.6 is 11.6 Å². The fraction of sp³-hybridized carbons (Fsp3) is 0.217. The molecule has 3 aromatic rings. The molecule has 0 spiro atoms. The number of alkyl halides is 1. The van der Waals surface area contributed by atoms with Crippen LogP contribution in [0.15, 0.2) is 54.6 Å². The van der Waals surface area contributed by atoms with Crippen molar-refractivity contribution in [2.45, 2.75) is 25.3 Å². The largest absolute Gasteiger partial charge is 0.506 e. The number of halogens is 1. The van der Waals surface area contributed by atoms with Gasteiger partial charge in [-0.2, -0.15) is 0 Å². The normalized spacial score (nSPS) is 14.4. The van der Waals surface area contributed by atoms with Crippen molar-refractivity contribution >= 4 is 39.9 Å². The van der Waals surface area contributed by atoms with Crippen molar-refractivity contribution in [1.29, 1.82) is 0 Å². The maximum Gasteiger partial charge on any atom is 0.252 e. The first-order valence-corrected chi connectivity index (χ1v) is 9.97. The predicted molar refractivity (Wildman–Crippen MR) is 115 cm³/mol. The fourth-order valence-corrected chi connectivity index (χ4v) is 3.81. The molecular weight excluding hydrogens is 388 g/mol. The number of fused-ring (bicyclic) bond motifs is 1. The van der Waals surface area contributed by atoms with Crippen molar-refractivity contribution in [2.24, 2.45) is 0 Å². The summed E-state index contributed by atoms with van der Waals surface area (Å²) in [5, 5.41) is 18.2. The fourth-order valence-electron chi connectivity index (χ4n) is 3.74. The monoisotopic (exact) mass is 408 g/mol. The van der Waals surface area contributed by atoms with E-state index in [4.69, 9.17) is 11.6 Å². The summed E-state index contributed by atoms with van der Waals surface area (Å²) in [4.78, 5) is 24.5. The minimum Gasteiger partial charge on any atom is -0.506 e. The van der Waals surface area contributed by atoms with Crippen molar-refractivity contribution in [3.63, 3.8) is 0 Å². The Kier molecular flexibility index (Phi) is 4.92. The van der Waals surface area contributed by atoms with E-state index in [-0.39, 0.29) is 23.2 Å². The van der Waals surface area contributed by atoms with Crippen molar-refractivity contribution < 1.29 is 14.7 Å². The van der Waals surface area contributed by atoms with Gasteiger partial charge in [0.05, 0.1) is 11.2 Å². The highest BCUT2D eigenvalue weighted by atomic mass is 35.5. The van der Waals surface area contributed by atoms with Crippen LogP contribution in [-0.4, -0.2) is 22.8 Å². The molecule has 5 nitrogen and oxygen atoms in total. The Morgan fingerprint density at radius 1 is 1.10 bits per heavy atom. The van der Waals surface area contributed by atoms with Crippen molar-refractivity contribution in [2.75, 3.05) is 11.2 Å². The number of hydrogen-bond donors (Lipinski definition) is 3. The van der Waals surface area contributed by atoms with Gasteiger partial charge in [0.1, 0.15) is 11.6 Å². The second-order valence-electron chi connectivity index (χ2n) is 7.43. The van der Waals surface area contributed by atoms with E-state index in [0.717, 1.165) is 29.2 Å². The molecule has 1 saturated carbocycles. The molecule has 1 aliphatic rings. The summed E-state index contributed by atoms with van der Waals surface area (Å²) in [6.07, 6.45) is 1.73. The molecule has 0 atom stereocenters. The molecule has 0 aromatic heterocycles. The van der Waals surface area contributed by atoms with Crippen molar-refractivity contribution in [3.05, 3.63) is 71.3 Å².